The zero-order chi connectivity index (χ0) is 40.1. The van der Waals surface area contributed by atoms with Crippen molar-refractivity contribution in [3.63, 3.8) is 0 Å². The number of ether oxygens (including phenoxy) is 1. The molecule has 56 heavy (non-hydrogen) atoms. The highest BCUT2D eigenvalue weighted by Gasteiger charge is 2.36. The highest BCUT2D eigenvalue weighted by atomic mass is 16.6. The molecule has 0 unspecified atom stereocenters. The lowest BCUT2D eigenvalue weighted by atomic mass is 9.81. The average molecular weight is 767 g/mol. The predicted octanol–water partition coefficient (Wildman–Crippen LogP) is 4.00. The summed E-state index contributed by atoms with van der Waals surface area (Å²) in [6, 6.07) is 12.4. The second-order valence-electron chi connectivity index (χ2n) is 15.8. The van der Waals surface area contributed by atoms with Crippen LogP contribution in [0.4, 0.5) is 10.5 Å². The number of hydrogen-bond acceptors (Lipinski definition) is 9. The first-order valence-corrected chi connectivity index (χ1v) is 19.1. The number of fused-ring (bicyclic) bond motifs is 1. The Balaban J connectivity index is 1.12. The monoisotopic (exact) mass is 766 g/mol. The van der Waals surface area contributed by atoms with E-state index in [2.05, 4.69) is 30.9 Å². The van der Waals surface area contributed by atoms with Crippen molar-refractivity contribution in [2.45, 2.75) is 90.3 Å². The first-order chi connectivity index (χ1) is 26.6. The number of anilines is 1. The lowest BCUT2D eigenvalue weighted by molar-refractivity contribution is -0.130. The molecule has 1 aliphatic carbocycles. The number of aromatic nitrogens is 3. The second-order valence-corrected chi connectivity index (χ2v) is 15.8. The molecule has 2 aromatic heterocycles. The van der Waals surface area contributed by atoms with Crippen LogP contribution in [0.3, 0.4) is 0 Å². The van der Waals surface area contributed by atoms with Crippen LogP contribution in [-0.2, 0) is 25.5 Å². The molecule has 3 heterocycles. The number of piperidine rings is 1. The van der Waals surface area contributed by atoms with Gasteiger partial charge in [0.25, 0.3) is 11.8 Å². The number of aryl methyl sites for hydroxylation is 1. The molecule has 15 heteroatoms. The van der Waals surface area contributed by atoms with Crippen molar-refractivity contribution in [2.75, 3.05) is 18.0 Å². The molecule has 2 aromatic carbocycles. The zero-order valence-electron chi connectivity index (χ0n) is 32.2. The van der Waals surface area contributed by atoms with Crippen molar-refractivity contribution in [1.29, 1.82) is 0 Å². The molecule has 2 aliphatic rings. The molecular weight excluding hydrogens is 716 g/mol. The van der Waals surface area contributed by atoms with Crippen LogP contribution in [0.2, 0.25) is 0 Å². The number of nitrogens with two attached hydrogens (primary N) is 1. The molecule has 5 amide bonds. The number of amides is 5. The van der Waals surface area contributed by atoms with E-state index >= 15 is 0 Å². The fourth-order valence-corrected chi connectivity index (χ4v) is 7.31. The minimum Gasteiger partial charge on any atom is -0.444 e. The van der Waals surface area contributed by atoms with Crippen LogP contribution in [-0.4, -0.2) is 75.4 Å². The van der Waals surface area contributed by atoms with Gasteiger partial charge in [-0.3, -0.25) is 24.2 Å². The Hall–Kier alpha value is -5.83. The van der Waals surface area contributed by atoms with Crippen molar-refractivity contribution < 1.29 is 28.7 Å². The van der Waals surface area contributed by atoms with Crippen molar-refractivity contribution in [3.05, 3.63) is 82.0 Å². The van der Waals surface area contributed by atoms with E-state index in [0.29, 0.717) is 61.9 Å². The van der Waals surface area contributed by atoms with Gasteiger partial charge in [-0.1, -0.05) is 24.3 Å². The summed E-state index contributed by atoms with van der Waals surface area (Å²) in [7, 11) is 0. The van der Waals surface area contributed by atoms with Gasteiger partial charge < -0.3 is 36.4 Å². The third-order valence-corrected chi connectivity index (χ3v) is 10.3. The van der Waals surface area contributed by atoms with Crippen LogP contribution >= 0.6 is 0 Å². The van der Waals surface area contributed by atoms with E-state index in [9.17, 15) is 28.8 Å². The second kappa shape index (κ2) is 16.9. The largest absolute Gasteiger partial charge is 0.444 e. The number of carbonyl (C=O) groups is 5. The summed E-state index contributed by atoms with van der Waals surface area (Å²) in [5, 5.41) is 8.35. The molecule has 2 fully saturated rings. The number of aromatic amines is 2. The van der Waals surface area contributed by atoms with Crippen LogP contribution in [0.25, 0.3) is 22.2 Å². The van der Waals surface area contributed by atoms with Gasteiger partial charge in [-0.15, -0.1) is 0 Å². The minimum absolute atomic E-state index is 0.153. The molecule has 7 N–H and O–H groups in total. The van der Waals surface area contributed by atoms with Crippen LogP contribution in [0, 0.1) is 18.8 Å². The number of imide groups is 1. The minimum atomic E-state index is -1.06. The molecule has 15 nitrogen and oxygen atoms in total. The maximum Gasteiger partial charge on any atom is 0.407 e. The maximum atomic E-state index is 14.2. The number of rotatable bonds is 10. The Labute approximate surface area is 324 Å². The SMILES string of the molecule is Cc1cc(C(=O)N[C@@H]2CCCNC2=O)ncc1-c1ccc(C[C@H](N)C(=O)N(c2ccc3[nH]c(=O)[nH]c3c2)C(=O)[C@H]2CC[C@H](CNC(=O)OC(C)(C)C)CC2)cc1. The van der Waals surface area contributed by atoms with Gasteiger partial charge >= 0.3 is 11.8 Å². The van der Waals surface area contributed by atoms with E-state index in [4.69, 9.17) is 10.5 Å². The van der Waals surface area contributed by atoms with Crippen LogP contribution in [0.15, 0.2) is 59.5 Å². The Morgan fingerprint density at radius 2 is 1.68 bits per heavy atom. The number of imidazole rings is 1. The van der Waals surface area contributed by atoms with Gasteiger partial charge in [0, 0.05) is 30.8 Å². The van der Waals surface area contributed by atoms with E-state index in [0.717, 1.165) is 33.6 Å². The van der Waals surface area contributed by atoms with Gasteiger partial charge in [0.1, 0.15) is 17.3 Å². The number of pyridine rings is 1. The summed E-state index contributed by atoms with van der Waals surface area (Å²) in [6.07, 6.45) is 5.09. The number of alkyl carbamates (subject to hydrolysis) is 1. The van der Waals surface area contributed by atoms with E-state index < -0.39 is 47.2 Å². The van der Waals surface area contributed by atoms with Gasteiger partial charge in [-0.05, 0) is 120 Å². The number of hydrogen-bond donors (Lipinski definition) is 6. The Morgan fingerprint density at radius 3 is 2.36 bits per heavy atom. The van der Waals surface area contributed by atoms with Gasteiger partial charge in [-0.25, -0.2) is 14.5 Å². The summed E-state index contributed by atoms with van der Waals surface area (Å²) in [5.74, 6) is -1.81. The lowest BCUT2D eigenvalue weighted by Gasteiger charge is -2.32. The lowest BCUT2D eigenvalue weighted by Crippen LogP contribution is -2.50. The number of carbonyl (C=O) groups excluding carboxylic acids is 5. The highest BCUT2D eigenvalue weighted by molar-refractivity contribution is 6.17. The normalized spacial score (nSPS) is 19.1. The third-order valence-electron chi connectivity index (χ3n) is 10.3. The standard InChI is InChI=1S/C41H50N8O7/c1-23-18-34(36(51)46-32-6-5-17-43-35(32)50)44-22-29(23)26-11-7-24(8-12-26)19-30(42)38(53)49(28-15-16-31-33(20-28)48-39(54)47-31)37(52)27-13-9-25(10-14-27)21-45-40(55)56-41(2,3)4/h7-8,11-12,15-16,18,20,22,25,27,30,32H,5-6,9-10,13-14,17,19,21,42H2,1-4H3,(H,43,50)(H,45,55)(H,46,51)(H2,47,48,54)/t25-,27-,30-,32+/m0/s1. The van der Waals surface area contributed by atoms with Gasteiger partial charge in [0.15, 0.2) is 0 Å². The number of nitrogens with one attached hydrogen (secondary N) is 5. The van der Waals surface area contributed by atoms with E-state index in [1.807, 2.05) is 31.2 Å². The van der Waals surface area contributed by atoms with Crippen LogP contribution in [0.5, 0.6) is 0 Å². The third kappa shape index (κ3) is 9.69. The summed E-state index contributed by atoms with van der Waals surface area (Å²) in [6.45, 7) is 8.32. The maximum absolute atomic E-state index is 14.2. The first-order valence-electron chi connectivity index (χ1n) is 19.1. The topological polar surface area (TPSA) is 221 Å². The molecule has 1 aliphatic heterocycles. The molecule has 296 valence electrons. The van der Waals surface area contributed by atoms with Gasteiger partial charge in [0.05, 0.1) is 22.8 Å². The fourth-order valence-electron chi connectivity index (χ4n) is 7.31. The molecule has 0 bridgehead atoms. The fraction of sp³-hybridized carbons (Fsp3) is 0.439. The Bertz CT molecular complexity index is 2160. The number of benzene rings is 2. The average Bonchev–Trinajstić information content (AvgIpc) is 3.54. The smallest absolute Gasteiger partial charge is 0.407 e. The molecule has 0 spiro atoms. The van der Waals surface area contributed by atoms with Crippen molar-refractivity contribution in [2.24, 2.45) is 17.6 Å². The molecule has 1 saturated carbocycles. The number of nitrogens with zero attached hydrogens (tertiary/aromatic N) is 2. The van der Waals surface area contributed by atoms with Gasteiger partial charge in [-0.2, -0.15) is 0 Å². The Morgan fingerprint density at radius 1 is 0.964 bits per heavy atom. The molecule has 4 aromatic rings. The van der Waals surface area contributed by atoms with Crippen molar-refractivity contribution >= 4 is 46.4 Å². The summed E-state index contributed by atoms with van der Waals surface area (Å²) < 4.78 is 5.35. The Kier molecular flexibility index (Phi) is 12.0. The molecule has 2 atom stereocenters. The zero-order valence-corrected chi connectivity index (χ0v) is 32.2. The summed E-state index contributed by atoms with van der Waals surface area (Å²) in [5.41, 5.74) is 10.3. The molecular formula is C41H50N8O7. The summed E-state index contributed by atoms with van der Waals surface area (Å²) >= 11 is 0. The van der Waals surface area contributed by atoms with E-state index in [-0.39, 0.29) is 29.8 Å². The van der Waals surface area contributed by atoms with Crippen LogP contribution < -0.4 is 32.3 Å². The van der Waals surface area contributed by atoms with Crippen molar-refractivity contribution in [1.82, 2.24) is 30.9 Å². The van der Waals surface area contributed by atoms with Crippen LogP contribution in [0.1, 0.15) is 80.9 Å². The highest BCUT2D eigenvalue weighted by Crippen LogP contribution is 2.32. The molecule has 6 rings (SSSR count). The summed E-state index contributed by atoms with van der Waals surface area (Å²) in [4.78, 5) is 88.4. The first kappa shape index (κ1) is 39.9. The quantitative estimate of drug-likeness (QED) is 0.137. The van der Waals surface area contributed by atoms with Crippen molar-refractivity contribution in [3.8, 4) is 11.1 Å². The van der Waals surface area contributed by atoms with Gasteiger partial charge in [0.2, 0.25) is 11.8 Å². The van der Waals surface area contributed by atoms with E-state index in [1.54, 1.807) is 51.2 Å². The molecule has 0 radical (unpaired) electrons. The van der Waals surface area contributed by atoms with E-state index in [1.165, 1.54) is 0 Å². The predicted molar refractivity (Wildman–Crippen MR) is 211 cm³/mol. The number of H-pyrrole nitrogens is 2. The molecule has 1 saturated heterocycles.